The van der Waals surface area contributed by atoms with Crippen LogP contribution in [0.2, 0.25) is 0 Å². The molecule has 20 heavy (non-hydrogen) atoms. The van der Waals surface area contributed by atoms with Crippen LogP contribution in [0.5, 0.6) is 0 Å². The Labute approximate surface area is 121 Å². The van der Waals surface area contributed by atoms with Gasteiger partial charge in [0, 0.05) is 31.9 Å². The van der Waals surface area contributed by atoms with Crippen LogP contribution < -0.4 is 5.73 Å². The highest BCUT2D eigenvalue weighted by molar-refractivity contribution is 5.29. The van der Waals surface area contributed by atoms with Crippen LogP contribution in [-0.2, 0) is 18.9 Å². The molecule has 0 aliphatic rings. The van der Waals surface area contributed by atoms with Crippen molar-refractivity contribution in [2.75, 3.05) is 0 Å². The Morgan fingerprint density at radius 1 is 1.20 bits per heavy atom. The predicted octanol–water partition coefficient (Wildman–Crippen LogP) is 3.35. The number of hydrogen-bond donors (Lipinski definition) is 1. The fourth-order valence-electron chi connectivity index (χ4n) is 2.32. The van der Waals surface area contributed by atoms with Gasteiger partial charge >= 0.3 is 0 Å². The number of aryl methyl sites for hydroxylation is 2. The van der Waals surface area contributed by atoms with Gasteiger partial charge in [-0.15, -0.1) is 0 Å². The molecule has 1 atom stereocenters. The highest BCUT2D eigenvalue weighted by Crippen LogP contribution is 2.24. The number of rotatable bonds is 4. The minimum Gasteiger partial charge on any atom is -0.338 e. The second-order valence-corrected chi connectivity index (χ2v) is 6.47. The van der Waals surface area contributed by atoms with Crippen LogP contribution in [-0.4, -0.2) is 9.55 Å². The highest BCUT2D eigenvalue weighted by Gasteiger charge is 2.14. The van der Waals surface area contributed by atoms with E-state index in [0.29, 0.717) is 0 Å². The van der Waals surface area contributed by atoms with Gasteiger partial charge in [0.05, 0.1) is 0 Å². The Morgan fingerprint density at radius 3 is 2.35 bits per heavy atom. The van der Waals surface area contributed by atoms with E-state index in [0.717, 1.165) is 18.7 Å². The van der Waals surface area contributed by atoms with E-state index in [1.165, 1.54) is 11.1 Å². The molecule has 0 amide bonds. The lowest BCUT2D eigenvalue weighted by atomic mass is 9.86. The van der Waals surface area contributed by atoms with E-state index in [1.54, 1.807) is 0 Å². The molecular weight excluding hydrogens is 246 g/mol. The number of hydrogen-bond acceptors (Lipinski definition) is 2. The minimum absolute atomic E-state index is 0.0701. The van der Waals surface area contributed by atoms with Crippen molar-refractivity contribution >= 4 is 0 Å². The average Bonchev–Trinajstić information content (AvgIpc) is 2.81. The van der Waals surface area contributed by atoms with E-state index in [2.05, 4.69) is 54.6 Å². The molecule has 108 valence electrons. The Morgan fingerprint density at radius 2 is 1.85 bits per heavy atom. The Bertz CT molecular complexity index is 546. The standard InChI is InChI=1S/C17H25N3/c1-17(2,3)14-7-5-13(6-8-14)15(18)9-10-16-19-11-12-20(16)4/h5-8,11-12,15H,9-10,18H2,1-4H3. The lowest BCUT2D eigenvalue weighted by Gasteiger charge is -2.20. The molecule has 0 aliphatic heterocycles. The molecule has 3 nitrogen and oxygen atoms in total. The van der Waals surface area contributed by atoms with Crippen LogP contribution in [0.4, 0.5) is 0 Å². The Balaban J connectivity index is 1.99. The lowest BCUT2D eigenvalue weighted by molar-refractivity contribution is 0.587. The third kappa shape index (κ3) is 3.48. The summed E-state index contributed by atoms with van der Waals surface area (Å²) in [7, 11) is 2.02. The minimum atomic E-state index is 0.0701. The molecule has 2 N–H and O–H groups in total. The maximum Gasteiger partial charge on any atom is 0.108 e. The van der Waals surface area contributed by atoms with Crippen molar-refractivity contribution in [3.63, 3.8) is 0 Å². The monoisotopic (exact) mass is 271 g/mol. The smallest absolute Gasteiger partial charge is 0.108 e. The largest absolute Gasteiger partial charge is 0.338 e. The summed E-state index contributed by atoms with van der Waals surface area (Å²) in [5, 5.41) is 0. The van der Waals surface area contributed by atoms with Crippen LogP contribution in [0, 0.1) is 0 Å². The van der Waals surface area contributed by atoms with Gasteiger partial charge in [0.1, 0.15) is 5.82 Å². The summed E-state index contributed by atoms with van der Waals surface area (Å²) in [5.41, 5.74) is 9.02. The molecule has 0 bridgehead atoms. The molecule has 0 saturated heterocycles. The fourth-order valence-corrected chi connectivity index (χ4v) is 2.32. The zero-order chi connectivity index (χ0) is 14.8. The van der Waals surface area contributed by atoms with Gasteiger partial charge in [-0.05, 0) is 23.0 Å². The summed E-state index contributed by atoms with van der Waals surface area (Å²) in [6.07, 6.45) is 5.63. The molecule has 0 saturated carbocycles. The van der Waals surface area contributed by atoms with Crippen LogP contribution in [0.1, 0.15) is 50.2 Å². The van der Waals surface area contributed by atoms with Crippen molar-refractivity contribution in [2.24, 2.45) is 12.8 Å². The van der Waals surface area contributed by atoms with Crippen molar-refractivity contribution in [1.29, 1.82) is 0 Å². The third-order valence-electron chi connectivity index (χ3n) is 3.80. The normalized spacial score (nSPS) is 13.4. The number of aromatic nitrogens is 2. The van der Waals surface area contributed by atoms with Gasteiger partial charge < -0.3 is 10.3 Å². The van der Waals surface area contributed by atoms with E-state index in [-0.39, 0.29) is 11.5 Å². The van der Waals surface area contributed by atoms with Crippen molar-refractivity contribution < 1.29 is 0 Å². The van der Waals surface area contributed by atoms with E-state index < -0.39 is 0 Å². The summed E-state index contributed by atoms with van der Waals surface area (Å²) in [6.45, 7) is 6.68. The van der Waals surface area contributed by atoms with Gasteiger partial charge in [-0.1, -0.05) is 45.0 Å². The van der Waals surface area contributed by atoms with Gasteiger partial charge in [-0.3, -0.25) is 0 Å². The zero-order valence-electron chi connectivity index (χ0n) is 12.9. The third-order valence-corrected chi connectivity index (χ3v) is 3.80. The summed E-state index contributed by atoms with van der Waals surface area (Å²) in [4.78, 5) is 4.34. The second-order valence-electron chi connectivity index (χ2n) is 6.47. The molecule has 1 unspecified atom stereocenters. The van der Waals surface area contributed by atoms with E-state index in [9.17, 15) is 0 Å². The van der Waals surface area contributed by atoms with Crippen molar-refractivity contribution in [3.05, 3.63) is 53.6 Å². The van der Waals surface area contributed by atoms with E-state index >= 15 is 0 Å². The van der Waals surface area contributed by atoms with Crippen molar-refractivity contribution in [1.82, 2.24) is 9.55 Å². The molecule has 0 aliphatic carbocycles. The van der Waals surface area contributed by atoms with Crippen molar-refractivity contribution in [2.45, 2.75) is 45.1 Å². The van der Waals surface area contributed by atoms with E-state index in [4.69, 9.17) is 5.73 Å². The first-order valence-electron chi connectivity index (χ1n) is 7.20. The lowest BCUT2D eigenvalue weighted by Crippen LogP contribution is -2.14. The molecule has 2 aromatic rings. The van der Waals surface area contributed by atoms with Gasteiger partial charge in [-0.2, -0.15) is 0 Å². The summed E-state index contributed by atoms with van der Waals surface area (Å²) >= 11 is 0. The molecule has 2 rings (SSSR count). The maximum absolute atomic E-state index is 6.28. The molecule has 0 radical (unpaired) electrons. The second kappa shape index (κ2) is 5.80. The molecule has 1 aromatic carbocycles. The van der Waals surface area contributed by atoms with Crippen LogP contribution in [0.15, 0.2) is 36.7 Å². The van der Waals surface area contributed by atoms with Crippen molar-refractivity contribution in [3.8, 4) is 0 Å². The molecule has 0 fully saturated rings. The SMILES string of the molecule is Cn1ccnc1CCC(N)c1ccc(C(C)(C)C)cc1. The van der Waals surface area contributed by atoms with Crippen LogP contribution in [0.3, 0.4) is 0 Å². The summed E-state index contributed by atoms with van der Waals surface area (Å²) < 4.78 is 2.05. The number of nitrogens with zero attached hydrogens (tertiary/aromatic N) is 2. The van der Waals surface area contributed by atoms with Gasteiger partial charge in [0.15, 0.2) is 0 Å². The maximum atomic E-state index is 6.28. The number of imidazole rings is 1. The Kier molecular flexibility index (Phi) is 4.29. The fraction of sp³-hybridized carbons (Fsp3) is 0.471. The zero-order valence-corrected chi connectivity index (χ0v) is 12.9. The van der Waals surface area contributed by atoms with E-state index in [1.807, 2.05) is 19.4 Å². The van der Waals surface area contributed by atoms with Gasteiger partial charge in [0.25, 0.3) is 0 Å². The topological polar surface area (TPSA) is 43.8 Å². The predicted molar refractivity (Wildman–Crippen MR) is 83.6 cm³/mol. The Hall–Kier alpha value is -1.61. The quantitative estimate of drug-likeness (QED) is 0.926. The highest BCUT2D eigenvalue weighted by atomic mass is 15.0. The molecule has 3 heteroatoms. The van der Waals surface area contributed by atoms with Gasteiger partial charge in [0.2, 0.25) is 0 Å². The van der Waals surface area contributed by atoms with Gasteiger partial charge in [-0.25, -0.2) is 4.98 Å². The van der Waals surface area contributed by atoms with Crippen LogP contribution in [0.25, 0.3) is 0 Å². The van der Waals surface area contributed by atoms with Crippen LogP contribution >= 0.6 is 0 Å². The molecule has 0 spiro atoms. The molecular formula is C17H25N3. The summed E-state index contributed by atoms with van der Waals surface area (Å²) in [5.74, 6) is 1.09. The first kappa shape index (κ1) is 14.8. The molecule has 1 aromatic heterocycles. The number of benzene rings is 1. The first-order chi connectivity index (χ1) is 9.38. The first-order valence-corrected chi connectivity index (χ1v) is 7.20. The number of nitrogens with two attached hydrogens (primary N) is 1. The average molecular weight is 271 g/mol. The molecule has 1 heterocycles. The summed E-state index contributed by atoms with van der Waals surface area (Å²) in [6, 6.07) is 8.76.